The monoisotopic (exact) mass is 450 g/mol. The van der Waals surface area contributed by atoms with Crippen LogP contribution in [0.1, 0.15) is 43.4 Å². The lowest BCUT2D eigenvalue weighted by molar-refractivity contribution is -0.118. The molecule has 4 heterocycles. The molecule has 1 saturated heterocycles. The lowest BCUT2D eigenvalue weighted by Gasteiger charge is -2.46. The molecule has 1 atom stereocenters. The Labute approximate surface area is 193 Å². The van der Waals surface area contributed by atoms with Crippen molar-refractivity contribution in [1.82, 2.24) is 14.4 Å². The number of aromatic nitrogens is 1. The van der Waals surface area contributed by atoms with Crippen LogP contribution in [0.4, 0.5) is 10.6 Å². The minimum Gasteiger partial charge on any atom is -0.465 e. The highest BCUT2D eigenvalue weighted by Crippen LogP contribution is 2.36. The molecule has 0 aliphatic carbocycles. The highest BCUT2D eigenvalue weighted by Gasteiger charge is 2.41. The zero-order valence-corrected chi connectivity index (χ0v) is 18.9. The normalized spacial score (nSPS) is 21.7. The standard InChI is InChI=1S/C25H30N4O4/c1-25(28(24(32)33)15-18-5-3-2-4-6-18)11-13-26(14-12-25)16-20-17-27-21(30)9-7-19-8-10-22(31)29(20)23(19)27/h2-6,8,10,20H,7,9,11-17H2,1H3,(H,32,33)/t20-/m1/s1. The van der Waals surface area contributed by atoms with Gasteiger partial charge in [0.2, 0.25) is 5.91 Å². The molecule has 2 aromatic rings. The smallest absolute Gasteiger partial charge is 0.408 e. The molecule has 174 valence electrons. The fourth-order valence-corrected chi connectivity index (χ4v) is 5.59. The third-order valence-electron chi connectivity index (χ3n) is 7.57. The Balaban J connectivity index is 1.28. The summed E-state index contributed by atoms with van der Waals surface area (Å²) < 4.78 is 1.80. The first-order valence-corrected chi connectivity index (χ1v) is 11.7. The quantitative estimate of drug-likeness (QED) is 0.757. The zero-order chi connectivity index (χ0) is 23.2. The number of carbonyl (C=O) groups excluding carboxylic acids is 1. The van der Waals surface area contributed by atoms with Crippen LogP contribution in [0.2, 0.25) is 0 Å². The van der Waals surface area contributed by atoms with Gasteiger partial charge in [-0.25, -0.2) is 4.79 Å². The third-order valence-corrected chi connectivity index (χ3v) is 7.57. The first-order valence-electron chi connectivity index (χ1n) is 11.7. The van der Waals surface area contributed by atoms with Crippen LogP contribution in [0.25, 0.3) is 0 Å². The number of hydrogen-bond acceptors (Lipinski definition) is 4. The van der Waals surface area contributed by atoms with Crippen molar-refractivity contribution in [2.75, 3.05) is 31.1 Å². The van der Waals surface area contributed by atoms with E-state index < -0.39 is 11.6 Å². The molecular weight excluding hydrogens is 420 g/mol. The van der Waals surface area contributed by atoms with Gasteiger partial charge >= 0.3 is 6.09 Å². The number of pyridine rings is 1. The summed E-state index contributed by atoms with van der Waals surface area (Å²) in [5.74, 6) is 0.874. The summed E-state index contributed by atoms with van der Waals surface area (Å²) in [5, 5.41) is 9.94. The van der Waals surface area contributed by atoms with Gasteiger partial charge < -0.3 is 10.0 Å². The fraction of sp³-hybridized carbons (Fsp3) is 0.480. The fourth-order valence-electron chi connectivity index (χ4n) is 5.59. The van der Waals surface area contributed by atoms with Crippen LogP contribution in [-0.4, -0.2) is 63.2 Å². The lowest BCUT2D eigenvalue weighted by atomic mass is 9.87. The predicted molar refractivity (Wildman–Crippen MR) is 125 cm³/mol. The van der Waals surface area contributed by atoms with Gasteiger partial charge in [-0.05, 0) is 43.4 Å². The maximum atomic E-state index is 12.7. The number of nitrogens with zero attached hydrogens (tertiary/aromatic N) is 4. The minimum atomic E-state index is -0.897. The molecule has 2 amide bonds. The van der Waals surface area contributed by atoms with E-state index in [1.54, 1.807) is 20.4 Å². The molecule has 1 N–H and O–H groups in total. The van der Waals surface area contributed by atoms with Crippen LogP contribution >= 0.6 is 0 Å². The number of likely N-dealkylation sites (tertiary alicyclic amines) is 1. The Hall–Kier alpha value is -3.13. The van der Waals surface area contributed by atoms with Crippen LogP contribution in [0.15, 0.2) is 47.3 Å². The molecule has 0 bridgehead atoms. The molecule has 0 unspecified atom stereocenters. The van der Waals surface area contributed by atoms with Gasteiger partial charge in [-0.15, -0.1) is 0 Å². The molecule has 0 radical (unpaired) electrons. The number of carbonyl (C=O) groups is 2. The van der Waals surface area contributed by atoms with Gasteiger partial charge in [0.15, 0.2) is 0 Å². The maximum Gasteiger partial charge on any atom is 0.408 e. The van der Waals surface area contributed by atoms with E-state index in [0.29, 0.717) is 32.5 Å². The highest BCUT2D eigenvalue weighted by atomic mass is 16.4. The Kier molecular flexibility index (Phi) is 5.48. The molecule has 0 saturated carbocycles. The molecule has 3 aliphatic rings. The summed E-state index contributed by atoms with van der Waals surface area (Å²) in [7, 11) is 0. The average Bonchev–Trinajstić information content (AvgIpc) is 3.19. The number of amides is 2. The molecule has 1 aromatic heterocycles. The Morgan fingerprint density at radius 2 is 1.82 bits per heavy atom. The van der Waals surface area contributed by atoms with E-state index in [1.165, 1.54) is 0 Å². The van der Waals surface area contributed by atoms with Gasteiger partial charge in [-0.3, -0.25) is 24.0 Å². The number of rotatable bonds is 5. The molecule has 33 heavy (non-hydrogen) atoms. The molecule has 0 spiro atoms. The lowest BCUT2D eigenvalue weighted by Crippen LogP contribution is -2.55. The molecular formula is C25H30N4O4. The number of aryl methyl sites for hydroxylation is 1. The second kappa shape index (κ2) is 8.33. The van der Waals surface area contributed by atoms with Crippen molar-refractivity contribution in [1.29, 1.82) is 0 Å². The molecule has 1 fully saturated rings. The SMILES string of the molecule is CC1(N(Cc2ccccc2)C(=O)O)CCN(C[C@@H]2CN3C(=O)CCc4ccc(=O)n2c43)CC1. The molecule has 5 rings (SSSR count). The van der Waals surface area contributed by atoms with Crippen molar-refractivity contribution in [3.05, 3.63) is 63.9 Å². The Bertz CT molecular complexity index is 1120. The van der Waals surface area contributed by atoms with Crippen molar-refractivity contribution < 1.29 is 14.7 Å². The van der Waals surface area contributed by atoms with E-state index in [-0.39, 0.29) is 17.5 Å². The summed E-state index contributed by atoms with van der Waals surface area (Å²) in [6.45, 7) is 5.13. The second-order valence-electron chi connectivity index (χ2n) is 9.70. The van der Waals surface area contributed by atoms with Crippen LogP contribution in [0.5, 0.6) is 0 Å². The Morgan fingerprint density at radius 3 is 2.52 bits per heavy atom. The van der Waals surface area contributed by atoms with Gasteiger partial charge in [-0.2, -0.15) is 0 Å². The van der Waals surface area contributed by atoms with Crippen molar-refractivity contribution in [2.24, 2.45) is 0 Å². The third kappa shape index (κ3) is 3.93. The van der Waals surface area contributed by atoms with Gasteiger partial charge in [0.25, 0.3) is 5.56 Å². The Morgan fingerprint density at radius 1 is 1.09 bits per heavy atom. The molecule has 1 aromatic carbocycles. The summed E-state index contributed by atoms with van der Waals surface area (Å²) in [4.78, 5) is 42.9. The second-order valence-corrected chi connectivity index (χ2v) is 9.70. The number of carboxylic acid groups (broad SMARTS) is 1. The summed E-state index contributed by atoms with van der Waals surface area (Å²) in [5.41, 5.74) is 1.55. The summed E-state index contributed by atoms with van der Waals surface area (Å²) >= 11 is 0. The van der Waals surface area contributed by atoms with Crippen LogP contribution in [0, 0.1) is 0 Å². The average molecular weight is 451 g/mol. The van der Waals surface area contributed by atoms with Gasteiger partial charge in [0.1, 0.15) is 5.82 Å². The number of piperidine rings is 1. The van der Waals surface area contributed by atoms with E-state index >= 15 is 0 Å². The van der Waals surface area contributed by atoms with Crippen LogP contribution in [0.3, 0.4) is 0 Å². The van der Waals surface area contributed by atoms with Gasteiger partial charge in [0, 0.05) is 50.7 Å². The van der Waals surface area contributed by atoms with Gasteiger partial charge in [0.05, 0.1) is 6.04 Å². The van der Waals surface area contributed by atoms with Crippen molar-refractivity contribution in [3.8, 4) is 0 Å². The number of anilines is 1. The molecule has 8 heteroatoms. The van der Waals surface area contributed by atoms with E-state index in [9.17, 15) is 19.5 Å². The van der Waals surface area contributed by atoms with Crippen molar-refractivity contribution in [2.45, 2.75) is 50.7 Å². The molecule has 3 aliphatic heterocycles. The number of hydrogen-bond donors (Lipinski definition) is 1. The van der Waals surface area contributed by atoms with Crippen LogP contribution in [-0.2, 0) is 17.8 Å². The van der Waals surface area contributed by atoms with E-state index in [0.717, 1.165) is 42.9 Å². The first-order chi connectivity index (χ1) is 15.9. The van der Waals surface area contributed by atoms with Gasteiger partial charge in [-0.1, -0.05) is 30.3 Å². The van der Waals surface area contributed by atoms with Crippen molar-refractivity contribution in [3.63, 3.8) is 0 Å². The predicted octanol–water partition coefficient (Wildman–Crippen LogP) is 2.72. The summed E-state index contributed by atoms with van der Waals surface area (Å²) in [6, 6.07) is 13.1. The molecule has 8 nitrogen and oxygen atoms in total. The van der Waals surface area contributed by atoms with Crippen LogP contribution < -0.4 is 10.5 Å². The van der Waals surface area contributed by atoms with Crippen molar-refractivity contribution >= 4 is 17.8 Å². The highest BCUT2D eigenvalue weighted by molar-refractivity contribution is 5.96. The summed E-state index contributed by atoms with van der Waals surface area (Å²) in [6.07, 6.45) is 1.73. The topological polar surface area (TPSA) is 86.1 Å². The van der Waals surface area contributed by atoms with E-state index in [2.05, 4.69) is 4.90 Å². The first kappa shape index (κ1) is 21.7. The van der Waals surface area contributed by atoms with E-state index in [4.69, 9.17) is 0 Å². The maximum absolute atomic E-state index is 12.7. The minimum absolute atomic E-state index is 0.0577. The number of benzene rings is 1. The largest absolute Gasteiger partial charge is 0.465 e. The van der Waals surface area contributed by atoms with E-state index in [1.807, 2.05) is 43.3 Å². The zero-order valence-electron chi connectivity index (χ0n) is 18.9.